The smallest absolute Gasteiger partial charge is 0.748 e. The Balaban J connectivity index is 0. The van der Waals surface area contributed by atoms with Crippen molar-refractivity contribution in [3.05, 3.63) is 0 Å². The van der Waals surface area contributed by atoms with E-state index in [0.717, 1.165) is 32.1 Å². The van der Waals surface area contributed by atoms with Crippen LogP contribution in [0.4, 0.5) is 0 Å². The first kappa shape index (κ1) is 30.1. The fraction of sp³-hybridized carbons (Fsp3) is 1.00. The molecule has 0 fully saturated rings. The summed E-state index contributed by atoms with van der Waals surface area (Å²) < 4.78 is 32.3. The predicted molar refractivity (Wildman–Crippen MR) is 109 cm³/mol. The van der Waals surface area contributed by atoms with E-state index in [1.54, 1.807) is 0 Å². The second-order valence-corrected chi connectivity index (χ2v) is 9.82. The SMILES string of the molecule is CC(O)CCCCCCCCCCCCCCCCCC(C)S(=O)(=O)[O-].[Na+]. The van der Waals surface area contributed by atoms with Gasteiger partial charge in [-0.25, -0.2) is 8.42 Å². The van der Waals surface area contributed by atoms with Crippen molar-refractivity contribution >= 4 is 10.1 Å². The Morgan fingerprint density at radius 1 is 0.630 bits per heavy atom. The average molecular weight is 415 g/mol. The van der Waals surface area contributed by atoms with E-state index < -0.39 is 15.4 Å². The van der Waals surface area contributed by atoms with Gasteiger partial charge in [-0.05, 0) is 26.7 Å². The van der Waals surface area contributed by atoms with E-state index in [0.29, 0.717) is 6.42 Å². The van der Waals surface area contributed by atoms with Crippen molar-refractivity contribution in [3.63, 3.8) is 0 Å². The maximum Gasteiger partial charge on any atom is 1.00 e. The molecule has 0 aliphatic rings. The minimum atomic E-state index is -4.09. The molecule has 0 bridgehead atoms. The second-order valence-electron chi connectivity index (χ2n) is 8.03. The molecule has 1 N–H and O–H groups in total. The van der Waals surface area contributed by atoms with Gasteiger partial charge < -0.3 is 9.66 Å². The van der Waals surface area contributed by atoms with Gasteiger partial charge in [0.15, 0.2) is 0 Å². The summed E-state index contributed by atoms with van der Waals surface area (Å²) in [6, 6.07) is 0. The first-order valence-corrected chi connectivity index (χ1v) is 12.4. The molecule has 6 heteroatoms. The summed E-state index contributed by atoms with van der Waals surface area (Å²) in [5.41, 5.74) is 0. The molecule has 0 aliphatic heterocycles. The van der Waals surface area contributed by atoms with Gasteiger partial charge in [0.05, 0.1) is 16.2 Å². The van der Waals surface area contributed by atoms with E-state index in [2.05, 4.69) is 0 Å². The zero-order chi connectivity index (χ0) is 19.7. The van der Waals surface area contributed by atoms with Gasteiger partial charge in [-0.15, -0.1) is 0 Å². The first-order chi connectivity index (χ1) is 12.3. The van der Waals surface area contributed by atoms with Crippen LogP contribution in [0.15, 0.2) is 0 Å². The van der Waals surface area contributed by atoms with Crippen LogP contribution in [0.3, 0.4) is 0 Å². The molecule has 2 unspecified atom stereocenters. The number of rotatable bonds is 19. The molecule has 2 atom stereocenters. The molecule has 0 aromatic rings. The summed E-state index contributed by atoms with van der Waals surface area (Å²) >= 11 is 0. The molecule has 0 amide bonds. The van der Waals surface area contributed by atoms with Crippen molar-refractivity contribution in [1.82, 2.24) is 0 Å². The summed E-state index contributed by atoms with van der Waals surface area (Å²) in [5, 5.41) is 8.45. The van der Waals surface area contributed by atoms with E-state index in [1.165, 1.54) is 77.6 Å². The standard InChI is InChI=1S/C21H44O4S.Na/c1-20(22)18-16-14-12-10-8-6-4-3-5-7-9-11-13-15-17-19-21(2)26(23,24)25;/h20-22H,3-19H2,1-2H3,(H,23,24,25);/q;+1/p-1. The van der Waals surface area contributed by atoms with E-state index in [-0.39, 0.29) is 35.7 Å². The molecule has 158 valence electrons. The van der Waals surface area contributed by atoms with Gasteiger partial charge in [0.25, 0.3) is 0 Å². The zero-order valence-electron chi connectivity index (χ0n) is 18.3. The van der Waals surface area contributed by atoms with Crippen LogP contribution in [-0.2, 0) is 10.1 Å². The maximum atomic E-state index is 10.8. The maximum absolute atomic E-state index is 10.8. The van der Waals surface area contributed by atoms with E-state index in [4.69, 9.17) is 0 Å². The molecule has 0 saturated heterocycles. The molecular weight excluding hydrogens is 371 g/mol. The molecule has 0 aromatic carbocycles. The number of hydrogen-bond donors (Lipinski definition) is 1. The summed E-state index contributed by atoms with van der Waals surface area (Å²) in [6.45, 7) is 3.38. The molecule has 0 rings (SSSR count). The Bertz CT molecular complexity index is 399. The third-order valence-corrected chi connectivity index (χ3v) is 6.45. The average Bonchev–Trinajstić information content (AvgIpc) is 2.56. The number of unbranched alkanes of at least 4 members (excludes halogenated alkanes) is 14. The van der Waals surface area contributed by atoms with Crippen LogP contribution in [0.1, 0.15) is 123 Å². The van der Waals surface area contributed by atoms with Crippen molar-refractivity contribution in [3.8, 4) is 0 Å². The molecule has 0 heterocycles. The van der Waals surface area contributed by atoms with Crippen LogP contribution in [-0.4, -0.2) is 29.4 Å². The molecule has 0 aliphatic carbocycles. The second kappa shape index (κ2) is 20.2. The Labute approximate surface area is 191 Å². The van der Waals surface area contributed by atoms with Crippen molar-refractivity contribution in [2.45, 2.75) is 134 Å². The van der Waals surface area contributed by atoms with Gasteiger partial charge in [-0.2, -0.15) is 0 Å². The van der Waals surface area contributed by atoms with Crippen LogP contribution in [0.2, 0.25) is 0 Å². The van der Waals surface area contributed by atoms with Gasteiger partial charge in [0, 0.05) is 5.25 Å². The topological polar surface area (TPSA) is 77.4 Å². The fourth-order valence-corrected chi connectivity index (χ4v) is 3.77. The minimum absolute atomic E-state index is 0. The van der Waals surface area contributed by atoms with Gasteiger partial charge in [-0.3, -0.25) is 0 Å². The monoisotopic (exact) mass is 414 g/mol. The van der Waals surface area contributed by atoms with Gasteiger partial charge in [0.1, 0.15) is 0 Å². The van der Waals surface area contributed by atoms with Crippen molar-refractivity contribution < 1.29 is 47.6 Å². The van der Waals surface area contributed by atoms with E-state index in [1.807, 2.05) is 6.92 Å². The fourth-order valence-electron chi connectivity index (χ4n) is 3.31. The molecule has 0 radical (unpaired) electrons. The quantitative estimate of drug-likeness (QED) is 0.200. The molecule has 4 nitrogen and oxygen atoms in total. The van der Waals surface area contributed by atoms with Crippen LogP contribution in [0.25, 0.3) is 0 Å². The van der Waals surface area contributed by atoms with Crippen LogP contribution >= 0.6 is 0 Å². The zero-order valence-corrected chi connectivity index (χ0v) is 21.1. The Hall–Kier alpha value is 0.870. The summed E-state index contributed by atoms with van der Waals surface area (Å²) in [6.07, 6.45) is 20.0. The normalized spacial score (nSPS) is 13.9. The van der Waals surface area contributed by atoms with Crippen molar-refractivity contribution in [2.24, 2.45) is 0 Å². The molecule has 0 aromatic heterocycles. The number of aliphatic hydroxyl groups is 1. The van der Waals surface area contributed by atoms with Gasteiger partial charge in [-0.1, -0.05) is 96.3 Å². The third-order valence-electron chi connectivity index (χ3n) is 5.23. The molecule has 0 spiro atoms. The largest absolute Gasteiger partial charge is 1.00 e. The predicted octanol–water partition coefficient (Wildman–Crippen LogP) is 2.94. The third kappa shape index (κ3) is 23.0. The van der Waals surface area contributed by atoms with Gasteiger partial charge in [0.2, 0.25) is 0 Å². The Kier molecular flexibility index (Phi) is 22.4. The van der Waals surface area contributed by atoms with Crippen LogP contribution in [0, 0.1) is 0 Å². The van der Waals surface area contributed by atoms with Crippen LogP contribution < -0.4 is 29.6 Å². The molecule has 27 heavy (non-hydrogen) atoms. The number of hydrogen-bond acceptors (Lipinski definition) is 4. The molecule has 0 saturated carbocycles. The van der Waals surface area contributed by atoms with Crippen LogP contribution in [0.5, 0.6) is 0 Å². The van der Waals surface area contributed by atoms with Crippen molar-refractivity contribution in [1.29, 1.82) is 0 Å². The van der Waals surface area contributed by atoms with E-state index >= 15 is 0 Å². The summed E-state index contributed by atoms with van der Waals surface area (Å²) in [5.74, 6) is 0. The minimum Gasteiger partial charge on any atom is -0.748 e. The molecular formula is C21H43NaO4S. The van der Waals surface area contributed by atoms with E-state index in [9.17, 15) is 18.1 Å². The summed E-state index contributed by atoms with van der Waals surface area (Å²) in [4.78, 5) is 0. The Morgan fingerprint density at radius 3 is 1.15 bits per heavy atom. The summed E-state index contributed by atoms with van der Waals surface area (Å²) in [7, 11) is -4.09. The van der Waals surface area contributed by atoms with Gasteiger partial charge >= 0.3 is 29.6 Å². The Morgan fingerprint density at radius 2 is 0.889 bits per heavy atom. The van der Waals surface area contributed by atoms with Crippen molar-refractivity contribution in [2.75, 3.05) is 0 Å². The number of aliphatic hydroxyl groups excluding tert-OH is 1. The first-order valence-electron chi connectivity index (χ1n) is 11.0.